The van der Waals surface area contributed by atoms with E-state index in [0.29, 0.717) is 31.6 Å². The predicted molar refractivity (Wildman–Crippen MR) is 126 cm³/mol. The highest BCUT2D eigenvalue weighted by molar-refractivity contribution is 5.83. The molecule has 0 saturated heterocycles. The van der Waals surface area contributed by atoms with Crippen LogP contribution in [0.1, 0.15) is 53.5 Å². The smallest absolute Gasteiger partial charge is 0.416 e. The van der Waals surface area contributed by atoms with Gasteiger partial charge in [-0.3, -0.25) is 4.79 Å². The van der Waals surface area contributed by atoms with Crippen molar-refractivity contribution in [3.05, 3.63) is 95.2 Å². The van der Waals surface area contributed by atoms with Gasteiger partial charge in [-0.25, -0.2) is 4.98 Å². The van der Waals surface area contributed by atoms with E-state index < -0.39 is 11.7 Å². The first-order chi connectivity index (χ1) is 16.3. The van der Waals surface area contributed by atoms with Crippen LogP contribution in [-0.4, -0.2) is 25.0 Å². The molecular weight excluding hydrogens is 441 g/mol. The van der Waals surface area contributed by atoms with Crippen LogP contribution in [0.15, 0.2) is 72.8 Å². The highest BCUT2D eigenvalue weighted by atomic mass is 19.4. The molecule has 3 aromatic rings. The van der Waals surface area contributed by atoms with Crippen molar-refractivity contribution in [3.8, 4) is 5.88 Å². The third-order valence-corrected chi connectivity index (χ3v) is 6.00. The number of hydrogen-bond donors (Lipinski definition) is 1. The SMILES string of the molecule is CNC(=O)[C@H](CC[C@@H](CCc1ccc(C(F)(F)F)cc1)c1cccc(OC)n1)c1ccccc1. The number of nitrogens with zero attached hydrogens (tertiary/aromatic N) is 1. The van der Waals surface area contributed by atoms with Crippen molar-refractivity contribution in [1.29, 1.82) is 0 Å². The van der Waals surface area contributed by atoms with E-state index >= 15 is 0 Å². The van der Waals surface area contributed by atoms with E-state index in [1.54, 1.807) is 20.2 Å². The van der Waals surface area contributed by atoms with Crippen LogP contribution >= 0.6 is 0 Å². The first-order valence-electron chi connectivity index (χ1n) is 11.3. The number of ether oxygens (including phenoxy) is 1. The van der Waals surface area contributed by atoms with E-state index in [0.717, 1.165) is 29.0 Å². The van der Waals surface area contributed by atoms with Gasteiger partial charge in [0, 0.05) is 24.7 Å². The third kappa shape index (κ3) is 6.83. The normalized spacial score (nSPS) is 13.2. The maximum absolute atomic E-state index is 12.9. The number of halogens is 3. The molecule has 34 heavy (non-hydrogen) atoms. The number of benzene rings is 2. The van der Waals surface area contributed by atoms with E-state index in [4.69, 9.17) is 4.74 Å². The molecule has 0 aliphatic rings. The molecule has 0 fully saturated rings. The highest BCUT2D eigenvalue weighted by Crippen LogP contribution is 2.33. The van der Waals surface area contributed by atoms with Gasteiger partial charge < -0.3 is 10.1 Å². The Kier molecular flexibility index (Phi) is 8.68. The van der Waals surface area contributed by atoms with Crippen molar-refractivity contribution in [2.45, 2.75) is 43.7 Å². The third-order valence-electron chi connectivity index (χ3n) is 6.00. The molecule has 2 atom stereocenters. The fourth-order valence-corrected chi connectivity index (χ4v) is 4.09. The average Bonchev–Trinajstić information content (AvgIpc) is 2.86. The van der Waals surface area contributed by atoms with Crippen LogP contribution in [0.25, 0.3) is 0 Å². The Balaban J connectivity index is 1.78. The van der Waals surface area contributed by atoms with Crippen molar-refractivity contribution in [2.75, 3.05) is 14.2 Å². The number of amides is 1. The van der Waals surface area contributed by atoms with Crippen LogP contribution in [0.2, 0.25) is 0 Å². The number of likely N-dealkylation sites (N-methyl/N-ethyl adjacent to an activating group) is 1. The summed E-state index contributed by atoms with van der Waals surface area (Å²) in [5.41, 5.74) is 1.96. The molecule has 1 heterocycles. The summed E-state index contributed by atoms with van der Waals surface area (Å²) in [4.78, 5) is 17.2. The zero-order valence-electron chi connectivity index (χ0n) is 19.3. The lowest BCUT2D eigenvalue weighted by atomic mass is 9.85. The van der Waals surface area contributed by atoms with Crippen molar-refractivity contribution in [3.63, 3.8) is 0 Å². The Labute approximate surface area is 198 Å². The molecule has 0 aliphatic heterocycles. The molecule has 4 nitrogen and oxygen atoms in total. The Hall–Kier alpha value is -3.35. The summed E-state index contributed by atoms with van der Waals surface area (Å²) in [5, 5.41) is 2.75. The second-order valence-corrected chi connectivity index (χ2v) is 8.19. The summed E-state index contributed by atoms with van der Waals surface area (Å²) in [6.45, 7) is 0. The molecule has 1 N–H and O–H groups in total. The molecular formula is C27H29F3N2O2. The number of methoxy groups -OCH3 is 1. The topological polar surface area (TPSA) is 51.2 Å². The van der Waals surface area contributed by atoms with Gasteiger partial charge in [-0.1, -0.05) is 48.5 Å². The average molecular weight is 471 g/mol. The summed E-state index contributed by atoms with van der Waals surface area (Å²) in [6, 6.07) is 20.5. The van der Waals surface area contributed by atoms with Crippen LogP contribution in [0.4, 0.5) is 13.2 Å². The van der Waals surface area contributed by atoms with Crippen molar-refractivity contribution in [1.82, 2.24) is 10.3 Å². The molecule has 0 radical (unpaired) electrons. The van der Waals surface area contributed by atoms with Crippen molar-refractivity contribution in [2.24, 2.45) is 0 Å². The van der Waals surface area contributed by atoms with E-state index in [1.807, 2.05) is 42.5 Å². The number of aryl methyl sites for hydroxylation is 1. The summed E-state index contributed by atoms with van der Waals surface area (Å²) in [7, 11) is 3.18. The zero-order chi connectivity index (χ0) is 24.6. The lowest BCUT2D eigenvalue weighted by Gasteiger charge is -2.21. The molecule has 1 aromatic heterocycles. The van der Waals surface area contributed by atoms with Gasteiger partial charge >= 0.3 is 6.18 Å². The number of alkyl halides is 3. The molecule has 0 unspecified atom stereocenters. The van der Waals surface area contributed by atoms with Gasteiger partial charge in [0.05, 0.1) is 18.6 Å². The minimum atomic E-state index is -4.35. The number of aromatic nitrogens is 1. The van der Waals surface area contributed by atoms with Gasteiger partial charge in [-0.05, 0) is 55.0 Å². The van der Waals surface area contributed by atoms with E-state index in [1.165, 1.54) is 12.1 Å². The second-order valence-electron chi connectivity index (χ2n) is 8.19. The number of rotatable bonds is 10. The first kappa shape index (κ1) is 25.3. The molecule has 3 rings (SSSR count). The van der Waals surface area contributed by atoms with E-state index in [2.05, 4.69) is 10.3 Å². The van der Waals surface area contributed by atoms with Crippen LogP contribution in [-0.2, 0) is 17.4 Å². The van der Waals surface area contributed by atoms with Gasteiger partial charge in [-0.15, -0.1) is 0 Å². The van der Waals surface area contributed by atoms with Crippen LogP contribution in [0, 0.1) is 0 Å². The number of nitrogens with one attached hydrogen (secondary N) is 1. The molecule has 7 heteroatoms. The highest BCUT2D eigenvalue weighted by Gasteiger charge is 2.30. The minimum Gasteiger partial charge on any atom is -0.481 e. The summed E-state index contributed by atoms with van der Waals surface area (Å²) in [5.74, 6) is 0.160. The minimum absolute atomic E-state index is 0.00765. The maximum atomic E-state index is 12.9. The fourth-order valence-electron chi connectivity index (χ4n) is 4.09. The summed E-state index contributed by atoms with van der Waals surface area (Å²) < 4.78 is 43.9. The zero-order valence-corrected chi connectivity index (χ0v) is 19.3. The maximum Gasteiger partial charge on any atom is 0.416 e. The lowest BCUT2D eigenvalue weighted by Crippen LogP contribution is -2.26. The van der Waals surface area contributed by atoms with Crippen LogP contribution in [0.5, 0.6) is 5.88 Å². The first-order valence-corrected chi connectivity index (χ1v) is 11.3. The Morgan fingerprint density at radius 2 is 1.65 bits per heavy atom. The van der Waals surface area contributed by atoms with E-state index in [-0.39, 0.29) is 17.7 Å². The number of pyridine rings is 1. The second kappa shape index (κ2) is 11.7. The fraction of sp³-hybridized carbons (Fsp3) is 0.333. The Morgan fingerprint density at radius 1 is 0.941 bits per heavy atom. The monoisotopic (exact) mass is 470 g/mol. The van der Waals surface area contributed by atoms with E-state index in [9.17, 15) is 18.0 Å². The summed E-state index contributed by atoms with van der Waals surface area (Å²) in [6.07, 6.45) is -1.77. The molecule has 0 saturated carbocycles. The largest absolute Gasteiger partial charge is 0.481 e. The van der Waals surface area contributed by atoms with Gasteiger partial charge in [0.2, 0.25) is 11.8 Å². The lowest BCUT2D eigenvalue weighted by molar-refractivity contribution is -0.137. The summed E-state index contributed by atoms with van der Waals surface area (Å²) >= 11 is 0. The van der Waals surface area contributed by atoms with Crippen LogP contribution < -0.4 is 10.1 Å². The molecule has 0 bridgehead atoms. The van der Waals surface area contributed by atoms with Gasteiger partial charge in [0.1, 0.15) is 0 Å². The number of carbonyl (C=O) groups is 1. The van der Waals surface area contributed by atoms with Crippen molar-refractivity contribution < 1.29 is 22.7 Å². The molecule has 0 aliphatic carbocycles. The van der Waals surface area contributed by atoms with Gasteiger partial charge in [0.25, 0.3) is 0 Å². The Bertz CT molecular complexity index is 1050. The predicted octanol–water partition coefficient (Wildman–Crippen LogP) is 6.14. The molecule has 180 valence electrons. The van der Waals surface area contributed by atoms with Gasteiger partial charge in [0.15, 0.2) is 0 Å². The Morgan fingerprint density at radius 3 is 2.26 bits per heavy atom. The number of carbonyl (C=O) groups excluding carboxylic acids is 1. The van der Waals surface area contributed by atoms with Crippen molar-refractivity contribution >= 4 is 5.91 Å². The van der Waals surface area contributed by atoms with Gasteiger partial charge in [-0.2, -0.15) is 13.2 Å². The number of hydrogen-bond acceptors (Lipinski definition) is 3. The molecule has 2 aromatic carbocycles. The standard InChI is InChI=1S/C27H29F3N2O2/c1-31-26(33)23(20-7-4-3-5-8-20)18-15-21(24-9-6-10-25(32-24)34-2)14-11-19-12-16-22(17-13-19)27(28,29)30/h3-10,12-13,16-17,21,23H,11,14-15,18H2,1-2H3,(H,31,33)/t21-,23-/m1/s1. The molecule has 1 amide bonds. The van der Waals surface area contributed by atoms with Crippen LogP contribution in [0.3, 0.4) is 0 Å². The quantitative estimate of drug-likeness (QED) is 0.388. The molecule has 0 spiro atoms.